The van der Waals surface area contributed by atoms with Crippen LogP contribution in [0.4, 0.5) is 0 Å². The fourth-order valence-electron chi connectivity index (χ4n) is 4.73. The van der Waals surface area contributed by atoms with Gasteiger partial charge in [-0.3, -0.25) is 9.69 Å². The van der Waals surface area contributed by atoms with Crippen LogP contribution in [0.25, 0.3) is 10.8 Å². The van der Waals surface area contributed by atoms with Crippen LogP contribution in [0, 0.1) is 0 Å². The van der Waals surface area contributed by atoms with Crippen LogP contribution in [-0.4, -0.2) is 42.9 Å². The molecule has 5 heteroatoms. The Bertz CT molecular complexity index is 995. The van der Waals surface area contributed by atoms with Crippen molar-refractivity contribution in [2.24, 2.45) is 0 Å². The number of nitrogens with one attached hydrogen (secondary N) is 1. The summed E-state index contributed by atoms with van der Waals surface area (Å²) in [5.41, 5.74) is 3.14. The summed E-state index contributed by atoms with van der Waals surface area (Å²) in [7, 11) is 2.00. The number of aromatic nitrogens is 1. The van der Waals surface area contributed by atoms with Gasteiger partial charge in [-0.2, -0.15) is 0 Å². The number of pyridine rings is 1. The number of hydrogen-bond acceptors (Lipinski definition) is 4. The molecule has 150 valence electrons. The topological polar surface area (TPSA) is 45.2 Å². The van der Waals surface area contributed by atoms with Gasteiger partial charge in [0.1, 0.15) is 11.4 Å². The highest BCUT2D eigenvalue weighted by Gasteiger charge is 2.38. The zero-order valence-electron chi connectivity index (χ0n) is 16.7. The first kappa shape index (κ1) is 20.0. The highest BCUT2D eigenvalue weighted by atomic mass is 35.5. The number of fused-ring (bicyclic) bond motifs is 1. The van der Waals surface area contributed by atoms with E-state index in [1.165, 1.54) is 21.9 Å². The zero-order valence-corrected chi connectivity index (χ0v) is 17.5. The number of likely N-dealkylation sites (N-methyl/N-ethyl adjacent to an activating group) is 1. The number of carbonyl (C=O) groups is 1. The van der Waals surface area contributed by atoms with E-state index in [0.29, 0.717) is 5.15 Å². The monoisotopic (exact) mass is 407 g/mol. The van der Waals surface area contributed by atoms with E-state index in [2.05, 4.69) is 45.5 Å². The van der Waals surface area contributed by atoms with Crippen LogP contribution in [0.15, 0.2) is 54.7 Å². The second-order valence-corrected chi connectivity index (χ2v) is 8.33. The maximum atomic E-state index is 11.9. The molecule has 0 bridgehead atoms. The predicted octanol–water partition coefficient (Wildman–Crippen LogP) is 4.45. The van der Waals surface area contributed by atoms with Gasteiger partial charge in [-0.15, -0.1) is 0 Å². The van der Waals surface area contributed by atoms with Gasteiger partial charge < -0.3 is 5.32 Å². The molecule has 1 N–H and O–H groups in total. The number of nitrogens with zero attached hydrogens (tertiary/aromatic N) is 2. The van der Waals surface area contributed by atoms with E-state index in [0.717, 1.165) is 50.9 Å². The van der Waals surface area contributed by atoms with E-state index >= 15 is 0 Å². The van der Waals surface area contributed by atoms with Gasteiger partial charge in [0.05, 0.1) is 0 Å². The molecule has 29 heavy (non-hydrogen) atoms. The minimum atomic E-state index is -0.0550. The van der Waals surface area contributed by atoms with Gasteiger partial charge in [0.2, 0.25) is 0 Å². The van der Waals surface area contributed by atoms with Gasteiger partial charge >= 0.3 is 0 Å². The fraction of sp³-hybridized carbons (Fsp3) is 0.333. The Kier molecular flexibility index (Phi) is 5.95. The van der Waals surface area contributed by atoms with Crippen LogP contribution in [-0.2, 0) is 12.0 Å². The molecule has 0 aliphatic carbocycles. The molecule has 1 aliphatic rings. The molecule has 0 amide bonds. The van der Waals surface area contributed by atoms with E-state index < -0.39 is 0 Å². The van der Waals surface area contributed by atoms with E-state index in [9.17, 15) is 4.79 Å². The number of carbonyl (C=O) groups excluding carboxylic acids is 1. The molecule has 2 aromatic carbocycles. The van der Waals surface area contributed by atoms with Gasteiger partial charge in [-0.1, -0.05) is 54.1 Å². The van der Waals surface area contributed by atoms with Crippen LogP contribution in [0.2, 0.25) is 5.15 Å². The molecule has 0 saturated carbocycles. The molecule has 0 unspecified atom stereocenters. The lowest BCUT2D eigenvalue weighted by Gasteiger charge is -2.43. The number of rotatable bonds is 6. The average molecular weight is 408 g/mol. The second-order valence-electron chi connectivity index (χ2n) is 7.94. The molecule has 1 saturated heterocycles. The zero-order chi connectivity index (χ0) is 20.3. The van der Waals surface area contributed by atoms with Crippen molar-refractivity contribution in [3.8, 4) is 0 Å². The van der Waals surface area contributed by atoms with Crippen molar-refractivity contribution in [2.45, 2.75) is 24.8 Å². The van der Waals surface area contributed by atoms with Crippen molar-refractivity contribution in [3.05, 3.63) is 76.6 Å². The summed E-state index contributed by atoms with van der Waals surface area (Å²) in [5, 5.41) is 6.32. The van der Waals surface area contributed by atoms with Crippen LogP contribution in [0.5, 0.6) is 0 Å². The quantitative estimate of drug-likeness (QED) is 0.484. The minimum Gasteiger partial charge on any atom is -0.319 e. The van der Waals surface area contributed by atoms with E-state index in [1.54, 1.807) is 0 Å². The van der Waals surface area contributed by atoms with E-state index in [4.69, 9.17) is 11.6 Å². The maximum Gasteiger partial charge on any atom is 0.150 e. The Morgan fingerprint density at radius 2 is 1.93 bits per heavy atom. The molecule has 1 fully saturated rings. The third kappa shape index (κ3) is 4.06. The lowest BCUT2D eigenvalue weighted by molar-refractivity contribution is 0.111. The molecule has 0 atom stereocenters. The summed E-state index contributed by atoms with van der Waals surface area (Å²) < 4.78 is 0. The van der Waals surface area contributed by atoms with Gasteiger partial charge in [0.25, 0.3) is 0 Å². The second kappa shape index (κ2) is 8.62. The number of hydrogen-bond donors (Lipinski definition) is 1. The molecule has 4 rings (SSSR count). The summed E-state index contributed by atoms with van der Waals surface area (Å²) in [6.45, 7) is 3.69. The molecule has 0 spiro atoms. The molecular formula is C24H26ClN3O. The summed E-state index contributed by atoms with van der Waals surface area (Å²) in [6, 6.07) is 16.3. The van der Waals surface area contributed by atoms with Gasteiger partial charge in [0, 0.05) is 30.3 Å². The van der Waals surface area contributed by atoms with Crippen molar-refractivity contribution >= 4 is 28.7 Å². The first-order valence-corrected chi connectivity index (χ1v) is 10.5. The Morgan fingerprint density at radius 3 is 2.62 bits per heavy atom. The number of halogens is 1. The summed E-state index contributed by atoms with van der Waals surface area (Å²) >= 11 is 5.91. The molecule has 1 aromatic heterocycles. The smallest absolute Gasteiger partial charge is 0.150 e. The van der Waals surface area contributed by atoms with Crippen LogP contribution in [0.1, 0.15) is 34.3 Å². The molecule has 4 nitrogen and oxygen atoms in total. The number of likely N-dealkylation sites (tertiary alicyclic amines) is 1. The SMILES string of the molecule is CNCC1(c2c(C=O)ccc3ccccc23)CCN(Cc2ccc(Cl)nc2)CC1. The lowest BCUT2D eigenvalue weighted by atomic mass is 9.69. The highest BCUT2D eigenvalue weighted by molar-refractivity contribution is 6.29. The van der Waals surface area contributed by atoms with Gasteiger partial charge in [-0.05, 0) is 60.9 Å². The Hall–Kier alpha value is -2.27. The normalized spacial score (nSPS) is 16.8. The van der Waals surface area contributed by atoms with Gasteiger partial charge in [-0.25, -0.2) is 4.98 Å². The highest BCUT2D eigenvalue weighted by Crippen LogP contribution is 2.41. The summed E-state index contributed by atoms with van der Waals surface area (Å²) in [4.78, 5) is 18.6. The number of benzene rings is 2. The van der Waals surface area contributed by atoms with Gasteiger partial charge in [0.15, 0.2) is 0 Å². The summed E-state index contributed by atoms with van der Waals surface area (Å²) in [5.74, 6) is 0. The van der Waals surface area contributed by atoms with Crippen LogP contribution >= 0.6 is 11.6 Å². The lowest BCUT2D eigenvalue weighted by Crippen LogP contribution is -2.47. The van der Waals surface area contributed by atoms with E-state index in [1.807, 2.05) is 31.4 Å². The number of aldehydes is 1. The third-order valence-electron chi connectivity index (χ3n) is 6.14. The van der Waals surface area contributed by atoms with Crippen molar-refractivity contribution in [1.29, 1.82) is 0 Å². The Balaban J connectivity index is 1.64. The molecular weight excluding hydrogens is 382 g/mol. The first-order chi connectivity index (χ1) is 14.1. The van der Waals surface area contributed by atoms with Crippen LogP contribution in [0.3, 0.4) is 0 Å². The molecule has 3 aromatic rings. The number of piperidine rings is 1. The first-order valence-electron chi connectivity index (χ1n) is 10.1. The third-order valence-corrected chi connectivity index (χ3v) is 6.37. The predicted molar refractivity (Wildman–Crippen MR) is 119 cm³/mol. The van der Waals surface area contributed by atoms with E-state index in [-0.39, 0.29) is 5.41 Å². The van der Waals surface area contributed by atoms with Crippen LogP contribution < -0.4 is 5.32 Å². The van der Waals surface area contributed by atoms with Crippen molar-refractivity contribution in [3.63, 3.8) is 0 Å². The minimum absolute atomic E-state index is 0.0550. The maximum absolute atomic E-state index is 11.9. The summed E-state index contributed by atoms with van der Waals surface area (Å²) in [6.07, 6.45) is 4.88. The fourth-order valence-corrected chi connectivity index (χ4v) is 4.84. The molecule has 0 radical (unpaired) electrons. The van der Waals surface area contributed by atoms with Crippen molar-refractivity contribution in [1.82, 2.24) is 15.2 Å². The molecule has 2 heterocycles. The largest absolute Gasteiger partial charge is 0.319 e. The molecule has 1 aliphatic heterocycles. The average Bonchev–Trinajstić information content (AvgIpc) is 2.76. The standard InChI is InChI=1S/C24H26ClN3O/c1-26-17-24(23-20(16-29)8-7-19-4-2-3-5-21(19)23)10-12-28(13-11-24)15-18-6-9-22(25)27-14-18/h2-9,14,16,26H,10-13,15,17H2,1H3. The van der Waals surface area contributed by atoms with Crippen molar-refractivity contribution < 1.29 is 4.79 Å². The Labute approximate surface area is 176 Å². The van der Waals surface area contributed by atoms with Crippen molar-refractivity contribution in [2.75, 3.05) is 26.7 Å². The Morgan fingerprint density at radius 1 is 1.14 bits per heavy atom.